The van der Waals surface area contributed by atoms with Crippen molar-refractivity contribution in [2.45, 2.75) is 25.4 Å². The number of nitrogens with zero attached hydrogens (tertiary/aromatic N) is 2. The molecule has 0 radical (unpaired) electrons. The molecule has 0 spiro atoms. The second kappa shape index (κ2) is 5.46. The minimum atomic E-state index is -0.787. The summed E-state index contributed by atoms with van der Waals surface area (Å²) in [6.07, 6.45) is 3.90. The third-order valence-corrected chi connectivity index (χ3v) is 3.76. The SMILES string of the molecule is O=C(O)CN(Cc1ncc(Br)cc1Br)C1CC1. The van der Waals surface area contributed by atoms with Gasteiger partial charge in [-0.1, -0.05) is 0 Å². The fourth-order valence-electron chi connectivity index (χ4n) is 1.68. The van der Waals surface area contributed by atoms with E-state index in [-0.39, 0.29) is 6.54 Å². The van der Waals surface area contributed by atoms with Gasteiger partial charge in [0.2, 0.25) is 0 Å². The Bertz CT molecular complexity index is 435. The third kappa shape index (κ3) is 3.76. The molecule has 1 aliphatic rings. The van der Waals surface area contributed by atoms with Gasteiger partial charge in [0, 0.05) is 27.7 Å². The average Bonchev–Trinajstić information content (AvgIpc) is 3.03. The molecule has 0 unspecified atom stereocenters. The van der Waals surface area contributed by atoms with E-state index in [2.05, 4.69) is 36.8 Å². The maximum absolute atomic E-state index is 10.8. The highest BCUT2D eigenvalue weighted by Gasteiger charge is 2.30. The fourth-order valence-corrected chi connectivity index (χ4v) is 2.79. The molecule has 1 aromatic heterocycles. The molecule has 0 bridgehead atoms. The Hall–Kier alpha value is -0.460. The molecule has 1 aliphatic carbocycles. The molecule has 1 saturated carbocycles. The first-order valence-electron chi connectivity index (χ1n) is 5.32. The van der Waals surface area contributed by atoms with Crippen LogP contribution in [0.25, 0.3) is 0 Å². The van der Waals surface area contributed by atoms with E-state index in [9.17, 15) is 4.79 Å². The normalized spacial score (nSPS) is 15.2. The summed E-state index contributed by atoms with van der Waals surface area (Å²) in [5.41, 5.74) is 0.876. The van der Waals surface area contributed by atoms with Gasteiger partial charge in [-0.3, -0.25) is 14.7 Å². The van der Waals surface area contributed by atoms with Crippen LogP contribution in [0.2, 0.25) is 0 Å². The van der Waals surface area contributed by atoms with Crippen LogP contribution in [-0.4, -0.2) is 33.5 Å². The molecule has 4 nitrogen and oxygen atoms in total. The van der Waals surface area contributed by atoms with Crippen LogP contribution in [0, 0.1) is 0 Å². The summed E-state index contributed by atoms with van der Waals surface area (Å²) in [7, 11) is 0. The van der Waals surface area contributed by atoms with Crippen LogP contribution < -0.4 is 0 Å². The lowest BCUT2D eigenvalue weighted by atomic mass is 10.3. The second-order valence-electron chi connectivity index (χ2n) is 4.11. The Kier molecular flexibility index (Phi) is 4.17. The first-order valence-corrected chi connectivity index (χ1v) is 6.90. The van der Waals surface area contributed by atoms with Crippen molar-refractivity contribution >= 4 is 37.8 Å². The highest BCUT2D eigenvalue weighted by molar-refractivity contribution is 9.11. The number of hydrogen-bond acceptors (Lipinski definition) is 3. The molecule has 1 aromatic rings. The minimum Gasteiger partial charge on any atom is -0.480 e. The fraction of sp³-hybridized carbons (Fsp3) is 0.455. The Labute approximate surface area is 116 Å². The van der Waals surface area contributed by atoms with Crippen molar-refractivity contribution in [3.8, 4) is 0 Å². The highest BCUT2D eigenvalue weighted by atomic mass is 79.9. The molecular weight excluding hydrogens is 352 g/mol. The molecule has 0 atom stereocenters. The van der Waals surface area contributed by atoms with Gasteiger partial charge < -0.3 is 5.11 Å². The molecule has 92 valence electrons. The largest absolute Gasteiger partial charge is 0.480 e. The zero-order valence-electron chi connectivity index (χ0n) is 9.07. The van der Waals surface area contributed by atoms with Gasteiger partial charge >= 0.3 is 5.97 Å². The monoisotopic (exact) mass is 362 g/mol. The van der Waals surface area contributed by atoms with Crippen LogP contribution in [0.4, 0.5) is 0 Å². The van der Waals surface area contributed by atoms with Gasteiger partial charge in [0.25, 0.3) is 0 Å². The predicted molar refractivity (Wildman–Crippen MR) is 70.7 cm³/mol. The minimum absolute atomic E-state index is 0.0782. The number of aliphatic carboxylic acids is 1. The van der Waals surface area contributed by atoms with E-state index in [4.69, 9.17) is 5.11 Å². The van der Waals surface area contributed by atoms with Gasteiger partial charge in [0.05, 0.1) is 12.2 Å². The number of pyridine rings is 1. The summed E-state index contributed by atoms with van der Waals surface area (Å²) in [6.45, 7) is 0.652. The van der Waals surface area contributed by atoms with E-state index in [1.807, 2.05) is 11.0 Å². The maximum Gasteiger partial charge on any atom is 0.317 e. The number of carbonyl (C=O) groups is 1. The second-order valence-corrected chi connectivity index (χ2v) is 5.88. The Morgan fingerprint density at radius 1 is 1.53 bits per heavy atom. The number of carboxylic acid groups (broad SMARTS) is 1. The number of aromatic nitrogens is 1. The van der Waals surface area contributed by atoms with Crippen LogP contribution >= 0.6 is 31.9 Å². The van der Waals surface area contributed by atoms with E-state index in [0.717, 1.165) is 27.5 Å². The van der Waals surface area contributed by atoms with Gasteiger partial charge in [-0.05, 0) is 50.8 Å². The molecule has 1 N–H and O–H groups in total. The van der Waals surface area contributed by atoms with Crippen LogP contribution in [0.3, 0.4) is 0 Å². The van der Waals surface area contributed by atoms with Gasteiger partial charge in [-0.2, -0.15) is 0 Å². The Morgan fingerprint density at radius 3 is 2.76 bits per heavy atom. The van der Waals surface area contributed by atoms with Crippen molar-refractivity contribution < 1.29 is 9.90 Å². The maximum atomic E-state index is 10.8. The summed E-state index contributed by atoms with van der Waals surface area (Å²) < 4.78 is 1.81. The average molecular weight is 364 g/mol. The molecule has 0 amide bonds. The van der Waals surface area contributed by atoms with Gasteiger partial charge in [-0.15, -0.1) is 0 Å². The molecule has 0 aliphatic heterocycles. The lowest BCUT2D eigenvalue weighted by Gasteiger charge is -2.19. The van der Waals surface area contributed by atoms with Crippen LogP contribution in [0.5, 0.6) is 0 Å². The van der Waals surface area contributed by atoms with Crippen LogP contribution in [0.1, 0.15) is 18.5 Å². The van der Waals surface area contributed by atoms with Crippen LogP contribution in [-0.2, 0) is 11.3 Å². The smallest absolute Gasteiger partial charge is 0.317 e. The summed E-state index contributed by atoms with van der Waals surface area (Å²) in [5, 5.41) is 8.87. The van der Waals surface area contributed by atoms with Crippen molar-refractivity contribution in [3.05, 3.63) is 26.9 Å². The van der Waals surface area contributed by atoms with E-state index < -0.39 is 5.97 Å². The van der Waals surface area contributed by atoms with Crippen LogP contribution in [0.15, 0.2) is 21.2 Å². The standard InChI is InChI=1S/C11H12Br2N2O2/c12-7-3-9(13)10(14-4-7)5-15(6-11(16)17)8-1-2-8/h3-4,8H,1-2,5-6H2,(H,16,17). The number of carboxylic acids is 1. The first-order chi connectivity index (χ1) is 8.06. The molecule has 1 heterocycles. The van der Waals surface area contributed by atoms with E-state index in [1.54, 1.807) is 6.20 Å². The van der Waals surface area contributed by atoms with Crippen molar-refractivity contribution in [2.24, 2.45) is 0 Å². The van der Waals surface area contributed by atoms with E-state index >= 15 is 0 Å². The predicted octanol–water partition coefficient (Wildman–Crippen LogP) is 2.66. The lowest BCUT2D eigenvalue weighted by Crippen LogP contribution is -2.31. The van der Waals surface area contributed by atoms with Gasteiger partial charge in [-0.25, -0.2) is 0 Å². The summed E-state index contributed by atoms with van der Waals surface area (Å²) in [5.74, 6) is -0.787. The molecule has 2 rings (SSSR count). The number of hydrogen-bond donors (Lipinski definition) is 1. The molecular formula is C11H12Br2N2O2. The molecule has 17 heavy (non-hydrogen) atoms. The molecule has 1 fully saturated rings. The van der Waals surface area contributed by atoms with Crippen molar-refractivity contribution in [1.29, 1.82) is 0 Å². The van der Waals surface area contributed by atoms with Crippen molar-refractivity contribution in [3.63, 3.8) is 0 Å². The topological polar surface area (TPSA) is 53.4 Å². The summed E-state index contributed by atoms with van der Waals surface area (Å²) in [4.78, 5) is 17.1. The first kappa shape index (κ1) is 13.0. The third-order valence-electron chi connectivity index (χ3n) is 2.64. The van der Waals surface area contributed by atoms with Gasteiger partial charge in [0.15, 0.2) is 0 Å². The van der Waals surface area contributed by atoms with Crippen molar-refractivity contribution in [2.75, 3.05) is 6.54 Å². The Morgan fingerprint density at radius 2 is 2.24 bits per heavy atom. The quantitative estimate of drug-likeness (QED) is 0.873. The number of rotatable bonds is 5. The number of halogens is 2. The Balaban J connectivity index is 2.08. The molecule has 0 aromatic carbocycles. The molecule has 0 saturated heterocycles. The zero-order valence-corrected chi connectivity index (χ0v) is 12.2. The molecule has 6 heteroatoms. The van der Waals surface area contributed by atoms with E-state index in [1.165, 1.54) is 0 Å². The zero-order chi connectivity index (χ0) is 12.4. The summed E-state index contributed by atoms with van der Waals surface area (Å²) in [6, 6.07) is 2.33. The van der Waals surface area contributed by atoms with Crippen molar-refractivity contribution in [1.82, 2.24) is 9.88 Å². The summed E-state index contributed by atoms with van der Waals surface area (Å²) >= 11 is 6.79. The van der Waals surface area contributed by atoms with Gasteiger partial charge in [0.1, 0.15) is 0 Å². The highest BCUT2D eigenvalue weighted by Crippen LogP contribution is 2.29. The lowest BCUT2D eigenvalue weighted by molar-refractivity contribution is -0.138. The van der Waals surface area contributed by atoms with E-state index in [0.29, 0.717) is 12.6 Å².